The molecule has 158 valence electrons. The first kappa shape index (κ1) is 21.0. The van der Waals surface area contributed by atoms with E-state index >= 15 is 0 Å². The molecule has 1 unspecified atom stereocenters. The third-order valence-corrected chi connectivity index (χ3v) is 6.66. The van der Waals surface area contributed by atoms with Gasteiger partial charge in [0.1, 0.15) is 0 Å². The molecule has 0 saturated carbocycles. The molecule has 2 aromatic carbocycles. The maximum Gasteiger partial charge on any atom is 0.223 e. The van der Waals surface area contributed by atoms with Gasteiger partial charge in [0, 0.05) is 45.1 Å². The normalized spacial score (nSPS) is 15.9. The fourth-order valence-corrected chi connectivity index (χ4v) is 4.88. The van der Waals surface area contributed by atoms with Crippen molar-refractivity contribution in [2.45, 2.75) is 32.4 Å². The molecular weight excluding hydrogens is 394 g/mol. The lowest BCUT2D eigenvalue weighted by Gasteiger charge is -2.35. The van der Waals surface area contributed by atoms with Gasteiger partial charge in [-0.3, -0.25) is 9.69 Å². The minimum atomic E-state index is 0.145. The standard InChI is InChI=1S/C24H29N3O2S/c1-19(17-26-13-15-29-16-14-26)27(18-20-7-3-2-4-8-20)24(28)12-11-23-25-21-9-5-6-10-22(21)30-23/h2-10,19H,11-18H2,1H3. The van der Waals surface area contributed by atoms with Gasteiger partial charge in [0.25, 0.3) is 0 Å². The molecule has 1 atom stereocenters. The van der Waals surface area contributed by atoms with Crippen LogP contribution in [0.25, 0.3) is 10.2 Å². The number of carbonyl (C=O) groups is 1. The van der Waals surface area contributed by atoms with Crippen molar-refractivity contribution in [3.63, 3.8) is 0 Å². The first-order valence-corrected chi connectivity index (χ1v) is 11.5. The van der Waals surface area contributed by atoms with Crippen LogP contribution in [0.2, 0.25) is 0 Å². The van der Waals surface area contributed by atoms with Crippen LogP contribution in [0.3, 0.4) is 0 Å². The number of fused-ring (bicyclic) bond motifs is 1. The summed E-state index contributed by atoms with van der Waals surface area (Å²) < 4.78 is 6.65. The van der Waals surface area contributed by atoms with E-state index in [2.05, 4.69) is 30.0 Å². The fraction of sp³-hybridized carbons (Fsp3) is 0.417. The largest absolute Gasteiger partial charge is 0.379 e. The quantitative estimate of drug-likeness (QED) is 0.550. The van der Waals surface area contributed by atoms with E-state index in [1.54, 1.807) is 11.3 Å². The van der Waals surface area contributed by atoms with Crippen LogP contribution in [0.5, 0.6) is 0 Å². The molecule has 0 aliphatic carbocycles. The van der Waals surface area contributed by atoms with Gasteiger partial charge in [0.15, 0.2) is 0 Å². The number of nitrogens with zero attached hydrogens (tertiary/aromatic N) is 3. The van der Waals surface area contributed by atoms with Crippen LogP contribution in [-0.2, 0) is 22.5 Å². The van der Waals surface area contributed by atoms with Crippen LogP contribution < -0.4 is 0 Å². The Hall–Kier alpha value is -2.28. The Balaban J connectivity index is 1.43. The van der Waals surface area contributed by atoms with Crippen molar-refractivity contribution in [3.05, 3.63) is 65.2 Å². The Labute approximate surface area is 182 Å². The van der Waals surface area contributed by atoms with E-state index in [1.165, 1.54) is 10.3 Å². The summed E-state index contributed by atoms with van der Waals surface area (Å²) >= 11 is 1.69. The van der Waals surface area contributed by atoms with Crippen molar-refractivity contribution in [2.75, 3.05) is 32.8 Å². The molecule has 30 heavy (non-hydrogen) atoms. The molecule has 1 saturated heterocycles. The molecule has 6 heteroatoms. The van der Waals surface area contributed by atoms with E-state index in [0.717, 1.165) is 43.4 Å². The van der Waals surface area contributed by atoms with Gasteiger partial charge in [-0.15, -0.1) is 11.3 Å². The average molecular weight is 424 g/mol. The van der Waals surface area contributed by atoms with Crippen LogP contribution in [0.15, 0.2) is 54.6 Å². The number of aromatic nitrogens is 1. The molecule has 0 radical (unpaired) electrons. The highest BCUT2D eigenvalue weighted by Gasteiger charge is 2.23. The maximum absolute atomic E-state index is 13.3. The zero-order valence-electron chi connectivity index (χ0n) is 17.5. The molecular formula is C24H29N3O2S. The van der Waals surface area contributed by atoms with Crippen molar-refractivity contribution in [1.82, 2.24) is 14.8 Å². The molecule has 2 heterocycles. The van der Waals surface area contributed by atoms with Crippen LogP contribution in [0, 0.1) is 0 Å². The number of para-hydroxylation sites is 1. The second-order valence-electron chi connectivity index (χ2n) is 7.84. The Morgan fingerprint density at radius 1 is 1.13 bits per heavy atom. The Morgan fingerprint density at radius 2 is 1.87 bits per heavy atom. The lowest BCUT2D eigenvalue weighted by molar-refractivity contribution is -0.134. The molecule has 0 spiro atoms. The summed E-state index contributed by atoms with van der Waals surface area (Å²) in [4.78, 5) is 22.4. The van der Waals surface area contributed by atoms with Gasteiger partial charge in [0.2, 0.25) is 5.91 Å². The number of carbonyl (C=O) groups excluding carboxylic acids is 1. The predicted octanol–water partition coefficient (Wildman–Crippen LogP) is 3.98. The summed E-state index contributed by atoms with van der Waals surface area (Å²) in [6.07, 6.45) is 1.17. The number of morpholine rings is 1. The SMILES string of the molecule is CC(CN1CCOCC1)N(Cc1ccccc1)C(=O)CCc1nc2ccccc2s1. The molecule has 0 bridgehead atoms. The Morgan fingerprint density at radius 3 is 2.63 bits per heavy atom. The number of hydrogen-bond donors (Lipinski definition) is 0. The first-order chi connectivity index (χ1) is 14.7. The second kappa shape index (κ2) is 10.2. The average Bonchev–Trinajstić information content (AvgIpc) is 3.20. The Kier molecular flexibility index (Phi) is 7.10. The third-order valence-electron chi connectivity index (χ3n) is 5.57. The number of thiazole rings is 1. The van der Waals surface area contributed by atoms with E-state index in [-0.39, 0.29) is 11.9 Å². The fourth-order valence-electron chi connectivity index (χ4n) is 3.91. The van der Waals surface area contributed by atoms with Gasteiger partial charge in [-0.1, -0.05) is 42.5 Å². The van der Waals surface area contributed by atoms with Crippen molar-refractivity contribution >= 4 is 27.5 Å². The van der Waals surface area contributed by atoms with E-state index in [4.69, 9.17) is 9.72 Å². The molecule has 0 N–H and O–H groups in total. The van der Waals surface area contributed by atoms with Crippen molar-refractivity contribution < 1.29 is 9.53 Å². The number of rotatable bonds is 8. The number of ether oxygens (including phenoxy) is 1. The number of aryl methyl sites for hydroxylation is 1. The first-order valence-electron chi connectivity index (χ1n) is 10.7. The highest BCUT2D eigenvalue weighted by Crippen LogP contribution is 2.23. The smallest absolute Gasteiger partial charge is 0.223 e. The molecule has 1 amide bonds. The van der Waals surface area contributed by atoms with Gasteiger partial charge in [-0.2, -0.15) is 0 Å². The van der Waals surface area contributed by atoms with E-state index in [0.29, 0.717) is 19.4 Å². The topological polar surface area (TPSA) is 45.7 Å². The number of benzene rings is 2. The van der Waals surface area contributed by atoms with Crippen molar-refractivity contribution in [3.8, 4) is 0 Å². The summed E-state index contributed by atoms with van der Waals surface area (Å²) in [6, 6.07) is 18.6. The lowest BCUT2D eigenvalue weighted by atomic mass is 10.1. The summed E-state index contributed by atoms with van der Waals surface area (Å²) in [5, 5.41) is 1.03. The monoisotopic (exact) mass is 423 g/mol. The van der Waals surface area contributed by atoms with Crippen LogP contribution in [-0.4, -0.2) is 59.6 Å². The van der Waals surface area contributed by atoms with Crippen LogP contribution in [0.1, 0.15) is 23.9 Å². The molecule has 1 aromatic heterocycles. The van der Waals surface area contributed by atoms with Gasteiger partial charge >= 0.3 is 0 Å². The molecule has 5 nitrogen and oxygen atoms in total. The highest BCUT2D eigenvalue weighted by atomic mass is 32.1. The van der Waals surface area contributed by atoms with Gasteiger partial charge in [-0.25, -0.2) is 4.98 Å². The summed E-state index contributed by atoms with van der Waals surface area (Å²) in [5.41, 5.74) is 2.19. The van der Waals surface area contributed by atoms with Crippen molar-refractivity contribution in [1.29, 1.82) is 0 Å². The zero-order chi connectivity index (χ0) is 20.8. The predicted molar refractivity (Wildman–Crippen MR) is 122 cm³/mol. The van der Waals surface area contributed by atoms with Gasteiger partial charge < -0.3 is 9.64 Å². The van der Waals surface area contributed by atoms with E-state index < -0.39 is 0 Å². The minimum Gasteiger partial charge on any atom is -0.379 e. The van der Waals surface area contributed by atoms with E-state index in [1.807, 2.05) is 41.3 Å². The zero-order valence-corrected chi connectivity index (χ0v) is 18.3. The maximum atomic E-state index is 13.3. The number of hydrogen-bond acceptors (Lipinski definition) is 5. The summed E-state index contributed by atoms with van der Waals surface area (Å²) in [5.74, 6) is 0.193. The third kappa shape index (κ3) is 5.45. The van der Waals surface area contributed by atoms with Gasteiger partial charge in [0.05, 0.1) is 28.4 Å². The van der Waals surface area contributed by atoms with Crippen molar-refractivity contribution in [2.24, 2.45) is 0 Å². The van der Waals surface area contributed by atoms with Crippen LogP contribution >= 0.6 is 11.3 Å². The summed E-state index contributed by atoms with van der Waals surface area (Å²) in [6.45, 7) is 7.10. The minimum absolute atomic E-state index is 0.145. The second-order valence-corrected chi connectivity index (χ2v) is 8.96. The van der Waals surface area contributed by atoms with E-state index in [9.17, 15) is 4.79 Å². The van der Waals surface area contributed by atoms with Crippen LogP contribution in [0.4, 0.5) is 0 Å². The molecule has 3 aromatic rings. The number of amides is 1. The molecule has 1 fully saturated rings. The lowest BCUT2D eigenvalue weighted by Crippen LogP contribution is -2.48. The van der Waals surface area contributed by atoms with Gasteiger partial charge in [-0.05, 0) is 24.6 Å². The molecule has 1 aliphatic heterocycles. The molecule has 4 rings (SSSR count). The summed E-state index contributed by atoms with van der Waals surface area (Å²) in [7, 11) is 0. The molecule has 1 aliphatic rings. The highest BCUT2D eigenvalue weighted by molar-refractivity contribution is 7.18. The Bertz CT molecular complexity index is 920.